The summed E-state index contributed by atoms with van der Waals surface area (Å²) in [5.41, 5.74) is 6.72. The number of halogens is 1. The third-order valence-electron chi connectivity index (χ3n) is 3.72. The molecule has 0 saturated carbocycles. The molecule has 2 aromatic carbocycles. The molecule has 21 heavy (non-hydrogen) atoms. The van der Waals surface area contributed by atoms with Gasteiger partial charge in [-0.1, -0.05) is 35.9 Å². The number of ether oxygens (including phenoxy) is 1. The Labute approximate surface area is 124 Å². The van der Waals surface area contributed by atoms with Crippen molar-refractivity contribution in [3.63, 3.8) is 0 Å². The van der Waals surface area contributed by atoms with Gasteiger partial charge in [0, 0.05) is 5.56 Å². The van der Waals surface area contributed by atoms with Crippen LogP contribution in [0.25, 0.3) is 0 Å². The van der Waals surface area contributed by atoms with Gasteiger partial charge < -0.3 is 4.74 Å². The molecule has 4 heteroatoms. The summed E-state index contributed by atoms with van der Waals surface area (Å²) in [5.74, 6) is 5.51. The number of hydrazine groups is 1. The lowest BCUT2D eigenvalue weighted by Crippen LogP contribution is -2.30. The van der Waals surface area contributed by atoms with E-state index < -0.39 is 0 Å². The van der Waals surface area contributed by atoms with Crippen molar-refractivity contribution < 1.29 is 9.13 Å². The van der Waals surface area contributed by atoms with E-state index in [1.165, 1.54) is 18.2 Å². The first-order valence-corrected chi connectivity index (χ1v) is 6.91. The van der Waals surface area contributed by atoms with Gasteiger partial charge in [0.05, 0.1) is 13.2 Å². The molecule has 0 heterocycles. The summed E-state index contributed by atoms with van der Waals surface area (Å²) in [7, 11) is 1.46. The summed E-state index contributed by atoms with van der Waals surface area (Å²) in [6.07, 6.45) is 0.619. The summed E-state index contributed by atoms with van der Waals surface area (Å²) in [4.78, 5) is 0. The monoisotopic (exact) mass is 288 g/mol. The Hall–Kier alpha value is -1.91. The predicted molar refractivity (Wildman–Crippen MR) is 82.6 cm³/mol. The summed E-state index contributed by atoms with van der Waals surface area (Å²) in [6, 6.07) is 11.0. The number of methoxy groups -OCH3 is 1. The molecule has 1 atom stereocenters. The first-order valence-electron chi connectivity index (χ1n) is 6.91. The summed E-state index contributed by atoms with van der Waals surface area (Å²) >= 11 is 0. The Morgan fingerprint density at radius 1 is 1.24 bits per heavy atom. The van der Waals surface area contributed by atoms with Crippen LogP contribution in [0.15, 0.2) is 36.4 Å². The lowest BCUT2D eigenvalue weighted by atomic mass is 9.95. The zero-order valence-electron chi connectivity index (χ0n) is 12.6. The van der Waals surface area contributed by atoms with Crippen molar-refractivity contribution in [2.45, 2.75) is 26.3 Å². The van der Waals surface area contributed by atoms with E-state index in [4.69, 9.17) is 10.6 Å². The van der Waals surface area contributed by atoms with Gasteiger partial charge in [0.15, 0.2) is 11.6 Å². The molecular weight excluding hydrogens is 267 g/mol. The van der Waals surface area contributed by atoms with E-state index in [0.717, 1.165) is 5.56 Å². The van der Waals surface area contributed by atoms with Crippen molar-refractivity contribution in [3.05, 3.63) is 64.5 Å². The maximum absolute atomic E-state index is 14.4. The van der Waals surface area contributed by atoms with Crippen molar-refractivity contribution in [1.82, 2.24) is 5.43 Å². The molecule has 0 fully saturated rings. The summed E-state index contributed by atoms with van der Waals surface area (Å²) in [6.45, 7) is 4.09. The third kappa shape index (κ3) is 3.40. The molecule has 3 N–H and O–H groups in total. The molecule has 0 bridgehead atoms. The van der Waals surface area contributed by atoms with Gasteiger partial charge in [0.2, 0.25) is 0 Å². The number of benzene rings is 2. The smallest absolute Gasteiger partial charge is 0.169 e. The summed E-state index contributed by atoms with van der Waals surface area (Å²) in [5, 5.41) is 0. The molecule has 0 spiro atoms. The normalized spacial score (nSPS) is 12.2. The molecule has 0 aliphatic heterocycles. The molecule has 0 amide bonds. The standard InChI is InChI=1S/C17H21FN2O/c1-11-7-8-12(2)13(9-11)10-15(20-19)14-5-4-6-16(21-3)17(14)18/h4-9,15,20H,10,19H2,1-3H3. The van der Waals surface area contributed by atoms with E-state index in [2.05, 4.69) is 23.6 Å². The maximum Gasteiger partial charge on any atom is 0.169 e. The van der Waals surface area contributed by atoms with E-state index in [1.807, 2.05) is 13.8 Å². The van der Waals surface area contributed by atoms with Crippen LogP contribution in [0.4, 0.5) is 4.39 Å². The Morgan fingerprint density at radius 3 is 2.67 bits per heavy atom. The van der Waals surface area contributed by atoms with Crippen LogP contribution < -0.4 is 16.0 Å². The fourth-order valence-corrected chi connectivity index (χ4v) is 2.45. The molecule has 2 rings (SSSR count). The second kappa shape index (κ2) is 6.70. The van der Waals surface area contributed by atoms with Crippen LogP contribution in [0, 0.1) is 19.7 Å². The van der Waals surface area contributed by atoms with Gasteiger partial charge in [-0.05, 0) is 37.5 Å². The first kappa shape index (κ1) is 15.5. The van der Waals surface area contributed by atoms with Crippen molar-refractivity contribution in [1.29, 1.82) is 0 Å². The molecule has 2 aromatic rings. The topological polar surface area (TPSA) is 47.3 Å². The fourth-order valence-electron chi connectivity index (χ4n) is 2.45. The molecule has 112 valence electrons. The molecule has 0 radical (unpaired) electrons. The van der Waals surface area contributed by atoms with E-state index in [-0.39, 0.29) is 17.6 Å². The van der Waals surface area contributed by atoms with Gasteiger partial charge in [0.1, 0.15) is 0 Å². The van der Waals surface area contributed by atoms with Crippen molar-refractivity contribution in [2.24, 2.45) is 5.84 Å². The van der Waals surface area contributed by atoms with E-state index >= 15 is 0 Å². The molecule has 0 saturated heterocycles. The lowest BCUT2D eigenvalue weighted by Gasteiger charge is -2.19. The number of hydrogen-bond acceptors (Lipinski definition) is 3. The van der Waals surface area contributed by atoms with E-state index in [0.29, 0.717) is 12.0 Å². The molecule has 0 aliphatic carbocycles. The lowest BCUT2D eigenvalue weighted by molar-refractivity contribution is 0.379. The van der Waals surface area contributed by atoms with Gasteiger partial charge >= 0.3 is 0 Å². The van der Waals surface area contributed by atoms with Crippen LogP contribution >= 0.6 is 0 Å². The predicted octanol–water partition coefficient (Wildman–Crippen LogP) is 3.20. The van der Waals surface area contributed by atoms with Crippen LogP contribution in [0.2, 0.25) is 0 Å². The van der Waals surface area contributed by atoms with Crippen molar-refractivity contribution in [3.8, 4) is 5.75 Å². The van der Waals surface area contributed by atoms with E-state index in [1.54, 1.807) is 18.2 Å². The molecular formula is C17H21FN2O. The quantitative estimate of drug-likeness (QED) is 0.656. The maximum atomic E-state index is 14.4. The van der Waals surface area contributed by atoms with Gasteiger partial charge in [-0.15, -0.1) is 0 Å². The fraction of sp³-hybridized carbons (Fsp3) is 0.294. The minimum Gasteiger partial charge on any atom is -0.494 e. The number of aryl methyl sites for hydroxylation is 2. The van der Waals surface area contributed by atoms with Gasteiger partial charge in [0.25, 0.3) is 0 Å². The van der Waals surface area contributed by atoms with Gasteiger partial charge in [-0.3, -0.25) is 11.3 Å². The van der Waals surface area contributed by atoms with Gasteiger partial charge in [-0.2, -0.15) is 0 Å². The molecule has 1 unspecified atom stereocenters. The minimum atomic E-state index is -0.367. The largest absolute Gasteiger partial charge is 0.494 e. The van der Waals surface area contributed by atoms with Crippen LogP contribution in [0.1, 0.15) is 28.3 Å². The van der Waals surface area contributed by atoms with Crippen LogP contribution in [0.3, 0.4) is 0 Å². The minimum absolute atomic E-state index is 0.230. The zero-order valence-corrected chi connectivity index (χ0v) is 12.6. The number of rotatable bonds is 5. The molecule has 0 aliphatic rings. The highest BCUT2D eigenvalue weighted by Gasteiger charge is 2.18. The van der Waals surface area contributed by atoms with Gasteiger partial charge in [-0.25, -0.2) is 4.39 Å². The summed E-state index contributed by atoms with van der Waals surface area (Å²) < 4.78 is 19.4. The number of nitrogens with one attached hydrogen (secondary N) is 1. The SMILES string of the molecule is COc1cccc(C(Cc2cc(C)ccc2C)NN)c1F. The molecule has 3 nitrogen and oxygen atoms in total. The highest BCUT2D eigenvalue weighted by molar-refractivity contribution is 5.36. The van der Waals surface area contributed by atoms with Crippen LogP contribution in [-0.2, 0) is 6.42 Å². The second-order valence-electron chi connectivity index (χ2n) is 5.22. The number of hydrogen-bond donors (Lipinski definition) is 2. The molecule has 0 aromatic heterocycles. The zero-order chi connectivity index (χ0) is 15.4. The Bertz CT molecular complexity index is 628. The van der Waals surface area contributed by atoms with Crippen LogP contribution in [0.5, 0.6) is 5.75 Å². The van der Waals surface area contributed by atoms with Crippen LogP contribution in [-0.4, -0.2) is 7.11 Å². The average molecular weight is 288 g/mol. The third-order valence-corrected chi connectivity index (χ3v) is 3.72. The second-order valence-corrected chi connectivity index (χ2v) is 5.22. The Balaban J connectivity index is 2.34. The first-order chi connectivity index (χ1) is 10.1. The average Bonchev–Trinajstić information content (AvgIpc) is 2.49. The Morgan fingerprint density at radius 2 is 2.00 bits per heavy atom. The highest BCUT2D eigenvalue weighted by Crippen LogP contribution is 2.27. The van der Waals surface area contributed by atoms with Crippen molar-refractivity contribution >= 4 is 0 Å². The number of nitrogens with two attached hydrogens (primary N) is 1. The Kier molecular flexibility index (Phi) is 4.94. The van der Waals surface area contributed by atoms with E-state index in [9.17, 15) is 4.39 Å². The highest BCUT2D eigenvalue weighted by atomic mass is 19.1. The van der Waals surface area contributed by atoms with Crippen molar-refractivity contribution in [2.75, 3.05) is 7.11 Å².